The minimum absolute atomic E-state index is 0.000516. The predicted octanol–water partition coefficient (Wildman–Crippen LogP) is 4.06. The second-order valence-corrected chi connectivity index (χ2v) is 7.89. The summed E-state index contributed by atoms with van der Waals surface area (Å²) < 4.78 is 0.949. The van der Waals surface area contributed by atoms with Gasteiger partial charge in [-0.1, -0.05) is 15.9 Å². The van der Waals surface area contributed by atoms with Crippen LogP contribution >= 0.6 is 27.7 Å². The lowest BCUT2D eigenvalue weighted by molar-refractivity contribution is -0.121. The van der Waals surface area contributed by atoms with Crippen molar-refractivity contribution in [3.8, 4) is 0 Å². The van der Waals surface area contributed by atoms with Gasteiger partial charge in [-0.3, -0.25) is 9.59 Å². The van der Waals surface area contributed by atoms with Gasteiger partial charge in [0.15, 0.2) is 0 Å². The fourth-order valence-electron chi connectivity index (χ4n) is 2.94. The number of carbonyl (C=O) groups excluding carboxylic acids is 2. The molecule has 0 atom stereocenters. The van der Waals surface area contributed by atoms with Crippen LogP contribution in [0.5, 0.6) is 0 Å². The third-order valence-corrected chi connectivity index (χ3v) is 5.65. The van der Waals surface area contributed by atoms with Crippen LogP contribution in [0.2, 0.25) is 0 Å². The number of benzene rings is 1. The summed E-state index contributed by atoms with van der Waals surface area (Å²) in [4.78, 5) is 31.1. The third kappa shape index (κ3) is 4.65. The number of anilines is 1. The lowest BCUT2D eigenvalue weighted by atomic mass is 9.95. The quantitative estimate of drug-likeness (QED) is 0.738. The molecule has 0 bridgehead atoms. The molecule has 2 aromatic rings. The molecule has 0 aliphatic carbocycles. The second kappa shape index (κ2) is 8.68. The molecule has 26 heavy (non-hydrogen) atoms. The summed E-state index contributed by atoms with van der Waals surface area (Å²) in [5.41, 5.74) is 1.39. The van der Waals surface area contributed by atoms with E-state index in [1.54, 1.807) is 18.0 Å². The number of hydrogen-bond acceptors (Lipinski definition) is 4. The number of aromatic nitrogens is 1. The zero-order chi connectivity index (χ0) is 18.5. The van der Waals surface area contributed by atoms with Crippen LogP contribution in [0.3, 0.4) is 0 Å². The standard InChI is InChI=1S/C19H20BrN3O2S/c1-26-17-7-6-16(12-21-17)22-18(24)13-8-10-23(11-9-13)19(25)14-2-4-15(20)5-3-14/h2-7,12-13H,8-11H2,1H3,(H,22,24). The fourth-order valence-corrected chi connectivity index (χ4v) is 3.57. The van der Waals surface area contributed by atoms with Crippen LogP contribution in [0, 0.1) is 5.92 Å². The Morgan fingerprint density at radius 3 is 2.42 bits per heavy atom. The van der Waals surface area contributed by atoms with Crippen molar-refractivity contribution < 1.29 is 9.59 Å². The van der Waals surface area contributed by atoms with Gasteiger partial charge in [0.1, 0.15) is 0 Å². The van der Waals surface area contributed by atoms with Crippen molar-refractivity contribution in [2.75, 3.05) is 24.7 Å². The largest absolute Gasteiger partial charge is 0.339 e. The third-order valence-electron chi connectivity index (χ3n) is 4.46. The Bertz CT molecular complexity index is 772. The van der Waals surface area contributed by atoms with Gasteiger partial charge in [-0.25, -0.2) is 4.98 Å². The van der Waals surface area contributed by atoms with E-state index < -0.39 is 0 Å². The average Bonchev–Trinajstić information content (AvgIpc) is 2.69. The van der Waals surface area contributed by atoms with Crippen LogP contribution in [0.25, 0.3) is 0 Å². The molecule has 1 aromatic heterocycles. The molecule has 0 radical (unpaired) electrons. The first-order valence-electron chi connectivity index (χ1n) is 8.42. The fraction of sp³-hybridized carbons (Fsp3) is 0.316. The lowest BCUT2D eigenvalue weighted by Gasteiger charge is -2.31. The van der Waals surface area contributed by atoms with E-state index in [0.29, 0.717) is 37.2 Å². The van der Waals surface area contributed by atoms with Crippen LogP contribution in [0.1, 0.15) is 23.2 Å². The molecule has 0 saturated carbocycles. The maximum absolute atomic E-state index is 12.5. The van der Waals surface area contributed by atoms with Gasteiger partial charge >= 0.3 is 0 Å². The van der Waals surface area contributed by atoms with Crippen molar-refractivity contribution in [3.63, 3.8) is 0 Å². The first kappa shape index (κ1) is 18.9. The monoisotopic (exact) mass is 433 g/mol. The summed E-state index contributed by atoms with van der Waals surface area (Å²) in [6.07, 6.45) is 4.98. The molecule has 136 valence electrons. The number of likely N-dealkylation sites (tertiary alicyclic amines) is 1. The van der Waals surface area contributed by atoms with Crippen molar-refractivity contribution in [3.05, 3.63) is 52.6 Å². The van der Waals surface area contributed by atoms with Crippen molar-refractivity contribution >= 4 is 45.2 Å². The van der Waals surface area contributed by atoms with Gasteiger partial charge in [0, 0.05) is 29.0 Å². The van der Waals surface area contributed by atoms with E-state index in [4.69, 9.17) is 0 Å². The molecule has 1 saturated heterocycles. The van der Waals surface area contributed by atoms with Crippen molar-refractivity contribution in [1.82, 2.24) is 9.88 Å². The highest BCUT2D eigenvalue weighted by Crippen LogP contribution is 2.22. The van der Waals surface area contributed by atoms with E-state index in [1.807, 2.05) is 47.6 Å². The number of nitrogens with zero attached hydrogens (tertiary/aromatic N) is 2. The number of carbonyl (C=O) groups is 2. The first-order chi connectivity index (χ1) is 12.6. The van der Waals surface area contributed by atoms with Crippen molar-refractivity contribution in [2.45, 2.75) is 17.9 Å². The Labute approximate surface area is 165 Å². The maximum atomic E-state index is 12.5. The summed E-state index contributed by atoms with van der Waals surface area (Å²) in [5, 5.41) is 3.84. The summed E-state index contributed by atoms with van der Waals surface area (Å²) in [6, 6.07) is 11.1. The van der Waals surface area contributed by atoms with Gasteiger partial charge in [-0.15, -0.1) is 11.8 Å². The highest BCUT2D eigenvalue weighted by molar-refractivity contribution is 9.10. The molecule has 1 aliphatic heterocycles. The van der Waals surface area contributed by atoms with E-state index in [2.05, 4.69) is 26.2 Å². The lowest BCUT2D eigenvalue weighted by Crippen LogP contribution is -2.41. The Kier molecular flexibility index (Phi) is 6.32. The number of halogens is 1. The highest BCUT2D eigenvalue weighted by Gasteiger charge is 2.27. The molecule has 1 N–H and O–H groups in total. The zero-order valence-electron chi connectivity index (χ0n) is 14.4. The van der Waals surface area contributed by atoms with Crippen molar-refractivity contribution in [1.29, 1.82) is 0 Å². The molecule has 5 nitrogen and oxygen atoms in total. The van der Waals surface area contributed by atoms with E-state index in [9.17, 15) is 9.59 Å². The average molecular weight is 434 g/mol. The molecule has 2 heterocycles. The predicted molar refractivity (Wildman–Crippen MR) is 107 cm³/mol. The van der Waals surface area contributed by atoms with E-state index in [-0.39, 0.29) is 17.7 Å². The zero-order valence-corrected chi connectivity index (χ0v) is 16.8. The van der Waals surface area contributed by atoms with Gasteiger partial charge in [0.2, 0.25) is 5.91 Å². The number of pyridine rings is 1. The summed E-state index contributed by atoms with van der Waals surface area (Å²) in [5.74, 6) is -0.0585. The maximum Gasteiger partial charge on any atom is 0.253 e. The molecule has 1 aliphatic rings. The summed E-state index contributed by atoms with van der Waals surface area (Å²) in [7, 11) is 0. The molecule has 2 amide bonds. The number of thioether (sulfide) groups is 1. The van der Waals surface area contributed by atoms with Crippen LogP contribution in [0.15, 0.2) is 52.1 Å². The highest BCUT2D eigenvalue weighted by atomic mass is 79.9. The molecule has 0 unspecified atom stereocenters. The molecule has 1 aromatic carbocycles. The van der Waals surface area contributed by atoms with Crippen LogP contribution < -0.4 is 5.32 Å². The number of hydrogen-bond donors (Lipinski definition) is 1. The Balaban J connectivity index is 1.53. The van der Waals surface area contributed by atoms with Crippen LogP contribution in [-0.2, 0) is 4.79 Å². The Morgan fingerprint density at radius 1 is 1.15 bits per heavy atom. The normalized spacial score (nSPS) is 14.9. The van der Waals surface area contributed by atoms with Crippen LogP contribution in [-0.4, -0.2) is 41.0 Å². The molecule has 3 rings (SSSR count). The first-order valence-corrected chi connectivity index (χ1v) is 10.4. The minimum Gasteiger partial charge on any atom is -0.339 e. The topological polar surface area (TPSA) is 62.3 Å². The van der Waals surface area contributed by atoms with Crippen molar-refractivity contribution in [2.24, 2.45) is 5.92 Å². The van der Waals surface area contributed by atoms with E-state index >= 15 is 0 Å². The van der Waals surface area contributed by atoms with Crippen LogP contribution in [0.4, 0.5) is 5.69 Å². The molecule has 1 fully saturated rings. The summed E-state index contributed by atoms with van der Waals surface area (Å²) in [6.45, 7) is 1.19. The van der Waals surface area contributed by atoms with Gasteiger partial charge < -0.3 is 10.2 Å². The minimum atomic E-state index is -0.0794. The number of amides is 2. The Morgan fingerprint density at radius 2 is 1.85 bits per heavy atom. The van der Waals surface area contributed by atoms with Gasteiger partial charge in [-0.2, -0.15) is 0 Å². The number of rotatable bonds is 4. The SMILES string of the molecule is CSc1ccc(NC(=O)C2CCN(C(=O)c3ccc(Br)cc3)CC2)cn1. The molecule has 0 spiro atoms. The molecular formula is C19H20BrN3O2S. The van der Waals surface area contributed by atoms with Gasteiger partial charge in [0.25, 0.3) is 5.91 Å². The molecular weight excluding hydrogens is 414 g/mol. The number of piperidine rings is 1. The smallest absolute Gasteiger partial charge is 0.253 e. The molecule has 7 heteroatoms. The number of nitrogens with one attached hydrogen (secondary N) is 1. The van der Waals surface area contributed by atoms with E-state index in [0.717, 1.165) is 9.50 Å². The van der Waals surface area contributed by atoms with Gasteiger partial charge in [0.05, 0.1) is 16.9 Å². The second-order valence-electron chi connectivity index (χ2n) is 6.15. The Hall–Kier alpha value is -1.86. The summed E-state index contributed by atoms with van der Waals surface area (Å²) >= 11 is 4.94. The van der Waals surface area contributed by atoms with E-state index in [1.165, 1.54) is 0 Å². The van der Waals surface area contributed by atoms with Gasteiger partial charge in [-0.05, 0) is 55.5 Å².